The van der Waals surface area contributed by atoms with Crippen molar-refractivity contribution in [2.24, 2.45) is 0 Å². The van der Waals surface area contributed by atoms with E-state index >= 15 is 0 Å². The Kier molecular flexibility index (Phi) is 1.98. The second kappa shape index (κ2) is 3.14. The molecule has 0 aliphatic carbocycles. The lowest BCUT2D eigenvalue weighted by Crippen LogP contribution is -2.04. The van der Waals surface area contributed by atoms with E-state index in [-0.39, 0.29) is 0 Å². The van der Waals surface area contributed by atoms with Crippen LogP contribution in [0, 0.1) is 0 Å². The molecule has 0 unspecified atom stereocenters. The number of hydrogen-bond donors (Lipinski definition) is 2. The van der Waals surface area contributed by atoms with E-state index < -0.39 is 0 Å². The fraction of sp³-hybridized carbons (Fsp3) is 0. The summed E-state index contributed by atoms with van der Waals surface area (Å²) >= 11 is 4.01. The van der Waals surface area contributed by atoms with Gasteiger partial charge in [0.2, 0.25) is 6.41 Å². The quantitative estimate of drug-likeness (QED) is 0.554. The normalized spacial score (nSPS) is 10.2. The van der Waals surface area contributed by atoms with Gasteiger partial charge < -0.3 is 4.98 Å². The molecule has 4 heteroatoms. The highest BCUT2D eigenvalue weighted by molar-refractivity contribution is 7.82. The predicted octanol–water partition coefficient (Wildman–Crippen LogP) is 1.98. The first-order valence-corrected chi connectivity index (χ1v) is 4.22. The van der Waals surface area contributed by atoms with Crippen LogP contribution in [-0.2, 0) is 4.79 Å². The number of H-pyrrole nitrogens is 1. The molecule has 1 heterocycles. The molecule has 1 aromatic carbocycles. The van der Waals surface area contributed by atoms with E-state index in [9.17, 15) is 4.79 Å². The Morgan fingerprint density at radius 3 is 2.92 bits per heavy atom. The molecule has 0 saturated heterocycles. The van der Waals surface area contributed by atoms with Crippen LogP contribution in [0.1, 0.15) is 0 Å². The Morgan fingerprint density at radius 1 is 1.38 bits per heavy atom. The zero-order chi connectivity index (χ0) is 9.26. The lowest BCUT2D eigenvalue weighted by Gasteiger charge is -2.05. The number of aromatic nitrogens is 1. The Hall–Kier alpha value is -1.42. The topological polar surface area (TPSA) is 36.1 Å². The van der Waals surface area contributed by atoms with Crippen LogP contribution >= 0.6 is 12.8 Å². The maximum Gasteiger partial charge on any atom is 0.224 e. The van der Waals surface area contributed by atoms with Crippen molar-refractivity contribution in [2.75, 3.05) is 4.31 Å². The number of amides is 1. The number of aromatic amines is 1. The third-order valence-electron chi connectivity index (χ3n) is 1.91. The van der Waals surface area contributed by atoms with Gasteiger partial charge >= 0.3 is 0 Å². The number of carbonyl (C=O) groups excluding carboxylic acids is 1. The van der Waals surface area contributed by atoms with E-state index in [4.69, 9.17) is 0 Å². The maximum atomic E-state index is 10.5. The van der Waals surface area contributed by atoms with Crippen LogP contribution in [0.2, 0.25) is 0 Å². The number of fused-ring (bicyclic) bond motifs is 1. The van der Waals surface area contributed by atoms with Crippen LogP contribution < -0.4 is 4.31 Å². The summed E-state index contributed by atoms with van der Waals surface area (Å²) in [5.41, 5.74) is 1.77. The minimum absolute atomic E-state index is 0.665. The van der Waals surface area contributed by atoms with Crippen LogP contribution in [0.15, 0.2) is 30.5 Å². The zero-order valence-corrected chi connectivity index (χ0v) is 7.66. The van der Waals surface area contributed by atoms with Gasteiger partial charge in [0.15, 0.2) is 0 Å². The minimum atomic E-state index is 0.665. The summed E-state index contributed by atoms with van der Waals surface area (Å²) in [5, 5.41) is 0.990. The van der Waals surface area contributed by atoms with E-state index in [0.717, 1.165) is 16.6 Å². The molecule has 66 valence electrons. The molecule has 3 nitrogen and oxygen atoms in total. The van der Waals surface area contributed by atoms with Crippen molar-refractivity contribution in [3.05, 3.63) is 30.5 Å². The molecule has 0 aliphatic rings. The standard InChI is InChI=1S/C9H8N2OS/c12-6-11(13)9-5-10-8-4-2-1-3-7(8)9/h1-6,10,13H. The first-order valence-electron chi connectivity index (χ1n) is 3.82. The molecule has 2 aromatic rings. The largest absolute Gasteiger partial charge is 0.359 e. The third kappa shape index (κ3) is 1.29. The molecular weight excluding hydrogens is 184 g/mol. The smallest absolute Gasteiger partial charge is 0.224 e. The summed E-state index contributed by atoms with van der Waals surface area (Å²) in [6.07, 6.45) is 2.42. The number of hydrogen-bond acceptors (Lipinski definition) is 2. The number of nitrogens with zero attached hydrogens (tertiary/aromatic N) is 1. The second-order valence-electron chi connectivity index (χ2n) is 2.67. The first kappa shape index (κ1) is 8.19. The Balaban J connectivity index is 2.64. The van der Waals surface area contributed by atoms with Gasteiger partial charge in [-0.3, -0.25) is 9.10 Å². The summed E-state index contributed by atoms with van der Waals surface area (Å²) < 4.78 is 1.25. The summed E-state index contributed by atoms with van der Waals surface area (Å²) in [6.45, 7) is 0. The van der Waals surface area contributed by atoms with Crippen molar-refractivity contribution in [3.8, 4) is 0 Å². The zero-order valence-electron chi connectivity index (χ0n) is 6.77. The van der Waals surface area contributed by atoms with E-state index in [1.807, 2.05) is 24.3 Å². The van der Waals surface area contributed by atoms with Crippen LogP contribution in [0.4, 0.5) is 5.69 Å². The van der Waals surface area contributed by atoms with Crippen molar-refractivity contribution < 1.29 is 4.79 Å². The fourth-order valence-electron chi connectivity index (χ4n) is 1.30. The van der Waals surface area contributed by atoms with Gasteiger partial charge in [-0.15, -0.1) is 0 Å². The summed E-state index contributed by atoms with van der Waals surface area (Å²) in [4.78, 5) is 13.5. The molecule has 0 aliphatic heterocycles. The molecular formula is C9H8N2OS. The van der Waals surface area contributed by atoms with Gasteiger partial charge in [0, 0.05) is 17.1 Å². The SMILES string of the molecule is O=CN(S)c1c[nH]c2ccccc12. The number of anilines is 1. The highest BCUT2D eigenvalue weighted by Gasteiger charge is 2.06. The maximum absolute atomic E-state index is 10.5. The van der Waals surface area contributed by atoms with Gasteiger partial charge in [-0.25, -0.2) is 0 Å². The summed E-state index contributed by atoms with van der Waals surface area (Å²) in [6, 6.07) is 7.75. The van der Waals surface area contributed by atoms with E-state index in [2.05, 4.69) is 17.8 Å². The number of para-hydroxylation sites is 1. The Labute approximate surface area is 80.9 Å². The molecule has 0 spiro atoms. The molecule has 0 fully saturated rings. The van der Waals surface area contributed by atoms with Gasteiger partial charge in [0.25, 0.3) is 0 Å². The van der Waals surface area contributed by atoms with Crippen LogP contribution in [-0.4, -0.2) is 11.4 Å². The Bertz CT molecular complexity index is 438. The molecule has 0 radical (unpaired) electrons. The molecule has 2 rings (SSSR count). The van der Waals surface area contributed by atoms with Crippen molar-refractivity contribution in [1.29, 1.82) is 0 Å². The highest BCUT2D eigenvalue weighted by atomic mass is 32.1. The molecule has 1 N–H and O–H groups in total. The van der Waals surface area contributed by atoms with E-state index in [1.165, 1.54) is 4.31 Å². The van der Waals surface area contributed by atoms with Crippen LogP contribution in [0.3, 0.4) is 0 Å². The van der Waals surface area contributed by atoms with Crippen molar-refractivity contribution in [3.63, 3.8) is 0 Å². The third-order valence-corrected chi connectivity index (χ3v) is 2.22. The van der Waals surface area contributed by atoms with Gasteiger partial charge in [0.1, 0.15) is 0 Å². The number of benzene rings is 1. The molecule has 13 heavy (non-hydrogen) atoms. The number of rotatable bonds is 2. The van der Waals surface area contributed by atoms with Gasteiger partial charge in [-0.05, 0) is 6.07 Å². The lowest BCUT2D eigenvalue weighted by molar-refractivity contribution is -0.106. The number of carbonyl (C=O) groups is 1. The van der Waals surface area contributed by atoms with Crippen LogP contribution in [0.25, 0.3) is 10.9 Å². The van der Waals surface area contributed by atoms with Crippen LogP contribution in [0.5, 0.6) is 0 Å². The van der Waals surface area contributed by atoms with Gasteiger partial charge in [0.05, 0.1) is 5.69 Å². The minimum Gasteiger partial charge on any atom is -0.359 e. The molecule has 1 aromatic heterocycles. The average molecular weight is 192 g/mol. The summed E-state index contributed by atoms with van der Waals surface area (Å²) in [7, 11) is 0. The predicted molar refractivity (Wildman–Crippen MR) is 55.8 cm³/mol. The van der Waals surface area contributed by atoms with Crippen molar-refractivity contribution in [2.45, 2.75) is 0 Å². The monoisotopic (exact) mass is 192 g/mol. The van der Waals surface area contributed by atoms with Crippen molar-refractivity contribution >= 4 is 35.8 Å². The number of thiol groups is 1. The van der Waals surface area contributed by atoms with Crippen molar-refractivity contribution in [1.82, 2.24) is 4.98 Å². The van der Waals surface area contributed by atoms with E-state index in [0.29, 0.717) is 6.41 Å². The molecule has 0 saturated carbocycles. The first-order chi connectivity index (χ1) is 6.33. The Morgan fingerprint density at radius 2 is 2.15 bits per heavy atom. The van der Waals surface area contributed by atoms with E-state index in [1.54, 1.807) is 6.20 Å². The molecule has 0 bridgehead atoms. The highest BCUT2D eigenvalue weighted by Crippen LogP contribution is 2.26. The van der Waals surface area contributed by atoms with Gasteiger partial charge in [-0.2, -0.15) is 0 Å². The second-order valence-corrected chi connectivity index (χ2v) is 3.10. The molecule has 1 amide bonds. The fourth-order valence-corrected chi connectivity index (χ4v) is 1.47. The van der Waals surface area contributed by atoms with Gasteiger partial charge in [-0.1, -0.05) is 31.0 Å². The number of nitrogens with one attached hydrogen (secondary N) is 1. The lowest BCUT2D eigenvalue weighted by atomic mass is 10.2. The summed E-state index contributed by atoms with van der Waals surface area (Å²) in [5.74, 6) is 0. The average Bonchev–Trinajstić information content (AvgIpc) is 2.60. The molecule has 0 atom stereocenters.